The van der Waals surface area contributed by atoms with Crippen LogP contribution in [0.2, 0.25) is 5.02 Å². The molecule has 7 atom stereocenters. The Morgan fingerprint density at radius 1 is 1.16 bits per heavy atom. The van der Waals surface area contributed by atoms with E-state index in [0.717, 1.165) is 18.4 Å². The first-order chi connectivity index (χ1) is 18.3. The molecule has 2 aromatic rings. The number of anilines is 1. The number of hydrogen-bond donors (Lipinski definition) is 3. The fourth-order valence-corrected chi connectivity index (χ4v) is 8.84. The van der Waals surface area contributed by atoms with Crippen LogP contribution in [-0.4, -0.2) is 56.4 Å². The SMILES string of the molecule is CC[C@H](C)[C@H](CO)N1C(=O)[C@@H]2[C@@H](C(=O)NCc3ccccc3)[C@H]3CCC2(S3)C1C(=O)Nc1ccc(Cl)cc1. The third kappa shape index (κ3) is 4.61. The number of fused-ring (bicyclic) bond motifs is 1. The molecule has 202 valence electrons. The van der Waals surface area contributed by atoms with Gasteiger partial charge in [-0.25, -0.2) is 0 Å². The van der Waals surface area contributed by atoms with Gasteiger partial charge in [-0.3, -0.25) is 14.4 Å². The topological polar surface area (TPSA) is 98.7 Å². The highest BCUT2D eigenvalue weighted by molar-refractivity contribution is 8.02. The van der Waals surface area contributed by atoms with E-state index in [-0.39, 0.29) is 35.5 Å². The van der Waals surface area contributed by atoms with Gasteiger partial charge in [-0.2, -0.15) is 0 Å². The van der Waals surface area contributed by atoms with Crippen LogP contribution in [0, 0.1) is 17.8 Å². The molecule has 3 heterocycles. The highest BCUT2D eigenvalue weighted by atomic mass is 35.5. The summed E-state index contributed by atoms with van der Waals surface area (Å²) < 4.78 is -0.714. The Kier molecular flexibility index (Phi) is 7.76. The Labute approximate surface area is 232 Å². The fraction of sp³-hybridized carbons (Fsp3) is 0.483. The summed E-state index contributed by atoms with van der Waals surface area (Å²) in [5.74, 6) is -1.77. The number of amides is 3. The van der Waals surface area contributed by atoms with Gasteiger partial charge in [0, 0.05) is 22.5 Å². The second-order valence-corrected chi connectivity index (χ2v) is 12.7. The fourth-order valence-electron chi connectivity index (χ4n) is 6.51. The van der Waals surface area contributed by atoms with Gasteiger partial charge in [0.2, 0.25) is 17.7 Å². The molecular formula is C29H34ClN3O4S. The first-order valence-electron chi connectivity index (χ1n) is 13.3. The van der Waals surface area contributed by atoms with Crippen molar-refractivity contribution in [3.05, 3.63) is 65.2 Å². The number of carbonyl (C=O) groups is 3. The number of halogens is 1. The molecule has 38 heavy (non-hydrogen) atoms. The zero-order valence-corrected chi connectivity index (χ0v) is 23.2. The number of nitrogens with zero attached hydrogens (tertiary/aromatic N) is 1. The molecule has 9 heteroatoms. The number of hydrogen-bond acceptors (Lipinski definition) is 5. The number of rotatable bonds is 9. The Hall–Kier alpha value is -2.55. The molecule has 7 nitrogen and oxygen atoms in total. The van der Waals surface area contributed by atoms with Crippen molar-refractivity contribution in [3.63, 3.8) is 0 Å². The smallest absolute Gasteiger partial charge is 0.248 e. The maximum atomic E-state index is 14.2. The van der Waals surface area contributed by atoms with Crippen molar-refractivity contribution in [1.82, 2.24) is 10.2 Å². The van der Waals surface area contributed by atoms with E-state index in [1.54, 1.807) is 40.9 Å². The van der Waals surface area contributed by atoms with Crippen molar-refractivity contribution in [2.45, 2.75) is 61.7 Å². The average Bonchev–Trinajstić information content (AvgIpc) is 3.57. The summed E-state index contributed by atoms with van der Waals surface area (Å²) in [6, 6.07) is 15.3. The molecule has 3 saturated heterocycles. The zero-order chi connectivity index (χ0) is 27.0. The molecule has 2 aromatic carbocycles. The van der Waals surface area contributed by atoms with Crippen LogP contribution >= 0.6 is 23.4 Å². The predicted molar refractivity (Wildman–Crippen MR) is 150 cm³/mol. The summed E-state index contributed by atoms with van der Waals surface area (Å²) in [5.41, 5.74) is 1.58. The van der Waals surface area contributed by atoms with E-state index in [2.05, 4.69) is 10.6 Å². The minimum absolute atomic E-state index is 0.0161. The molecule has 5 rings (SSSR count). The van der Waals surface area contributed by atoms with Crippen molar-refractivity contribution in [3.8, 4) is 0 Å². The molecule has 2 unspecified atom stereocenters. The van der Waals surface area contributed by atoms with Crippen LogP contribution < -0.4 is 10.6 Å². The highest BCUT2D eigenvalue weighted by Crippen LogP contribution is 2.66. The number of aliphatic hydroxyl groups excluding tert-OH is 1. The number of nitrogens with one attached hydrogen (secondary N) is 2. The lowest BCUT2D eigenvalue weighted by Crippen LogP contribution is -2.56. The Bertz CT molecular complexity index is 1200. The van der Waals surface area contributed by atoms with Crippen LogP contribution in [0.4, 0.5) is 5.69 Å². The lowest BCUT2D eigenvalue weighted by Gasteiger charge is -2.39. The van der Waals surface area contributed by atoms with Crippen molar-refractivity contribution in [2.24, 2.45) is 17.8 Å². The summed E-state index contributed by atoms with van der Waals surface area (Å²) in [6.45, 7) is 4.14. The van der Waals surface area contributed by atoms with Crippen molar-refractivity contribution < 1.29 is 19.5 Å². The number of likely N-dealkylation sites (tertiary alicyclic amines) is 1. The lowest BCUT2D eigenvalue weighted by molar-refractivity contribution is -0.143. The van der Waals surface area contributed by atoms with Gasteiger partial charge < -0.3 is 20.6 Å². The van der Waals surface area contributed by atoms with E-state index in [1.165, 1.54) is 0 Å². The van der Waals surface area contributed by atoms with Crippen molar-refractivity contribution >= 4 is 46.8 Å². The Balaban J connectivity index is 1.47. The molecule has 3 aliphatic rings. The lowest BCUT2D eigenvalue weighted by atomic mass is 9.70. The summed E-state index contributed by atoms with van der Waals surface area (Å²) >= 11 is 7.65. The van der Waals surface area contributed by atoms with E-state index in [4.69, 9.17) is 11.6 Å². The highest BCUT2D eigenvalue weighted by Gasteiger charge is 2.74. The van der Waals surface area contributed by atoms with Crippen LogP contribution in [0.5, 0.6) is 0 Å². The van der Waals surface area contributed by atoms with Crippen LogP contribution in [0.15, 0.2) is 54.6 Å². The van der Waals surface area contributed by atoms with Crippen LogP contribution in [0.1, 0.15) is 38.7 Å². The van der Waals surface area contributed by atoms with Gasteiger partial charge in [0.15, 0.2) is 0 Å². The minimum atomic E-state index is -0.788. The molecule has 3 amide bonds. The maximum absolute atomic E-state index is 14.2. The van der Waals surface area contributed by atoms with E-state index >= 15 is 0 Å². The number of aliphatic hydroxyl groups is 1. The summed E-state index contributed by atoms with van der Waals surface area (Å²) in [6.07, 6.45) is 2.19. The molecule has 0 aliphatic carbocycles. The predicted octanol–water partition coefficient (Wildman–Crippen LogP) is 4.09. The first kappa shape index (κ1) is 27.0. The van der Waals surface area contributed by atoms with E-state index in [0.29, 0.717) is 23.7 Å². The second kappa shape index (κ2) is 10.9. The van der Waals surface area contributed by atoms with E-state index in [1.807, 2.05) is 44.2 Å². The van der Waals surface area contributed by atoms with E-state index < -0.39 is 28.7 Å². The minimum Gasteiger partial charge on any atom is -0.394 e. The molecular weight excluding hydrogens is 522 g/mol. The molecule has 3 N–H and O–H groups in total. The molecule has 0 radical (unpaired) electrons. The van der Waals surface area contributed by atoms with Crippen molar-refractivity contribution in [1.29, 1.82) is 0 Å². The van der Waals surface area contributed by atoms with Crippen LogP contribution in [0.3, 0.4) is 0 Å². The molecule has 0 aromatic heterocycles. The van der Waals surface area contributed by atoms with Gasteiger partial charge in [0.1, 0.15) is 6.04 Å². The second-order valence-electron chi connectivity index (χ2n) is 10.6. The van der Waals surface area contributed by atoms with Gasteiger partial charge in [0.25, 0.3) is 0 Å². The Morgan fingerprint density at radius 3 is 2.53 bits per heavy atom. The van der Waals surface area contributed by atoms with Crippen LogP contribution in [0.25, 0.3) is 0 Å². The maximum Gasteiger partial charge on any atom is 0.248 e. The van der Waals surface area contributed by atoms with Gasteiger partial charge in [0.05, 0.1) is 29.2 Å². The van der Waals surface area contributed by atoms with Gasteiger partial charge in [-0.05, 0) is 48.6 Å². The van der Waals surface area contributed by atoms with E-state index in [9.17, 15) is 19.5 Å². The average molecular weight is 556 g/mol. The number of thioether (sulfide) groups is 1. The molecule has 3 fully saturated rings. The molecule has 1 spiro atoms. The van der Waals surface area contributed by atoms with Crippen LogP contribution in [-0.2, 0) is 20.9 Å². The monoisotopic (exact) mass is 555 g/mol. The molecule has 3 aliphatic heterocycles. The van der Waals surface area contributed by atoms with Gasteiger partial charge >= 0.3 is 0 Å². The standard InChI is InChI=1S/C29H34ClN3O4S/c1-3-17(2)21(16-34)33-25(27(36)32-20-11-9-19(30)10-12-20)29-14-13-22(38-29)23(24(29)28(33)37)26(35)31-15-18-7-5-4-6-8-18/h4-12,17,21-25,34H,3,13-16H2,1-2H3,(H,31,35)(H,32,36)/t17-,21-,22+,23-,24-,25?,29?/m0/s1. The zero-order valence-electron chi connectivity index (χ0n) is 21.6. The summed E-state index contributed by atoms with van der Waals surface area (Å²) in [4.78, 5) is 43.4. The summed E-state index contributed by atoms with van der Waals surface area (Å²) in [5, 5.41) is 17.0. The van der Waals surface area contributed by atoms with Crippen molar-refractivity contribution in [2.75, 3.05) is 11.9 Å². The third-order valence-electron chi connectivity index (χ3n) is 8.56. The normalized spacial score (nSPS) is 29.2. The first-order valence-corrected chi connectivity index (χ1v) is 14.6. The van der Waals surface area contributed by atoms with Gasteiger partial charge in [-0.1, -0.05) is 62.2 Å². The number of carbonyl (C=O) groups excluding carboxylic acids is 3. The Morgan fingerprint density at radius 2 is 1.87 bits per heavy atom. The molecule has 2 bridgehead atoms. The number of benzene rings is 2. The third-order valence-corrected chi connectivity index (χ3v) is 10.8. The van der Waals surface area contributed by atoms with Gasteiger partial charge in [-0.15, -0.1) is 11.8 Å². The molecule has 0 saturated carbocycles. The quantitative estimate of drug-likeness (QED) is 0.433. The summed E-state index contributed by atoms with van der Waals surface area (Å²) in [7, 11) is 0. The largest absolute Gasteiger partial charge is 0.394 e.